The molecule has 1 aliphatic carbocycles. The van der Waals surface area contributed by atoms with Gasteiger partial charge in [0.25, 0.3) is 0 Å². The Balaban J connectivity index is 2.40. The van der Waals surface area contributed by atoms with Crippen LogP contribution in [0.5, 0.6) is 5.75 Å². The Labute approximate surface area is 247 Å². The number of halogens is 2. The smallest absolute Gasteiger partial charge is 0.334 e. The molecule has 0 heterocycles. The minimum Gasteiger partial charge on any atom is -0.497 e. The molecule has 2 unspecified atom stereocenters. The average Bonchev–Trinajstić information content (AvgIpc) is 2.94. The van der Waals surface area contributed by atoms with Crippen LogP contribution in [0.25, 0.3) is 0 Å². The molecule has 0 aromatic heterocycles. The largest absolute Gasteiger partial charge is 0.497 e. The van der Waals surface area contributed by atoms with Crippen LogP contribution in [0.2, 0.25) is 0 Å². The van der Waals surface area contributed by atoms with Gasteiger partial charge in [0.1, 0.15) is 5.75 Å². The maximum atomic E-state index is 16.2. The molecule has 0 radical (unpaired) electrons. The summed E-state index contributed by atoms with van der Waals surface area (Å²) in [7, 11) is 1.49. The summed E-state index contributed by atoms with van der Waals surface area (Å²) >= 11 is 0. The summed E-state index contributed by atoms with van der Waals surface area (Å²) in [6.07, 6.45) is 4.31. The third-order valence-electron chi connectivity index (χ3n) is 7.80. The highest BCUT2D eigenvalue weighted by molar-refractivity contribution is 6.03. The monoisotopic (exact) mass is 594 g/mol. The number of nitrogens with two attached hydrogens (primary N) is 2. The van der Waals surface area contributed by atoms with Gasteiger partial charge in [0.2, 0.25) is 17.6 Å². The molecule has 1 aromatic carbocycles. The first-order chi connectivity index (χ1) is 19.7. The van der Waals surface area contributed by atoms with Crippen molar-refractivity contribution >= 4 is 23.4 Å². The van der Waals surface area contributed by atoms with Gasteiger partial charge in [-0.2, -0.15) is 8.78 Å². The minimum atomic E-state index is -4.37. The van der Waals surface area contributed by atoms with E-state index in [-0.39, 0.29) is 31.1 Å². The molecule has 4 atom stereocenters. The molecule has 2 rings (SSSR count). The lowest BCUT2D eigenvalue weighted by atomic mass is 9.82. The summed E-state index contributed by atoms with van der Waals surface area (Å²) in [5.74, 6) is -8.68. The zero-order valence-electron chi connectivity index (χ0n) is 25.5. The third kappa shape index (κ3) is 10.1. The molecule has 9 nitrogen and oxygen atoms in total. The Morgan fingerprint density at radius 1 is 0.976 bits per heavy atom. The number of alkyl halides is 2. The quantitative estimate of drug-likeness (QED) is 0.229. The highest BCUT2D eigenvalue weighted by Crippen LogP contribution is 2.31. The van der Waals surface area contributed by atoms with E-state index in [1.807, 2.05) is 0 Å². The van der Waals surface area contributed by atoms with Gasteiger partial charge in [-0.1, -0.05) is 71.9 Å². The summed E-state index contributed by atoms with van der Waals surface area (Å²) in [6.45, 7) is 6.87. The Morgan fingerprint density at radius 2 is 1.57 bits per heavy atom. The van der Waals surface area contributed by atoms with Crippen molar-refractivity contribution in [3.8, 4) is 5.75 Å². The van der Waals surface area contributed by atoms with Crippen LogP contribution in [-0.4, -0.2) is 60.6 Å². The number of ether oxygens (including phenoxy) is 1. The lowest BCUT2D eigenvalue weighted by Crippen LogP contribution is -2.65. The van der Waals surface area contributed by atoms with Gasteiger partial charge in [0.05, 0.1) is 25.2 Å². The lowest BCUT2D eigenvalue weighted by Gasteiger charge is -2.33. The standard InChI is InChI=1S/C31H48F2N4O5/c1-18(2)15-25(38)36-24(17-20-9-7-6-8-10-20)29(40)31(32,33)28(37-30(41)26(35)19(3)4)27(39)23(34)16-21-11-13-22(42-5)14-12-21/h11-14,18-20,23-24,26,28H,6-10,15-17,34-35H2,1-5H3,(H,36,38)(H,37,41)/t23-,24?,26-,28?/m0/s1. The number of ketones is 2. The number of hydrogen-bond acceptors (Lipinski definition) is 7. The van der Waals surface area contributed by atoms with E-state index in [0.29, 0.717) is 11.3 Å². The molecule has 1 aromatic rings. The molecule has 6 N–H and O–H groups in total. The average molecular weight is 595 g/mol. The van der Waals surface area contributed by atoms with Crippen LogP contribution in [0.4, 0.5) is 8.78 Å². The Kier molecular flexibility index (Phi) is 13.5. The van der Waals surface area contributed by atoms with E-state index in [1.165, 1.54) is 7.11 Å². The number of nitrogens with one attached hydrogen (secondary N) is 2. The number of carbonyl (C=O) groups is 4. The van der Waals surface area contributed by atoms with Crippen LogP contribution < -0.4 is 26.8 Å². The number of Topliss-reactive ketones (excluding diaryl/α,β-unsaturated/α-hetero) is 2. The van der Waals surface area contributed by atoms with Crippen LogP contribution in [0.3, 0.4) is 0 Å². The Hall–Kier alpha value is -2.92. The molecule has 236 valence electrons. The van der Waals surface area contributed by atoms with Gasteiger partial charge in [-0.3, -0.25) is 19.2 Å². The Morgan fingerprint density at radius 3 is 2.10 bits per heavy atom. The Bertz CT molecular complexity index is 1060. The van der Waals surface area contributed by atoms with Gasteiger partial charge < -0.3 is 26.8 Å². The maximum absolute atomic E-state index is 16.2. The van der Waals surface area contributed by atoms with E-state index in [2.05, 4.69) is 10.6 Å². The van der Waals surface area contributed by atoms with Crippen molar-refractivity contribution in [1.82, 2.24) is 10.6 Å². The molecular weight excluding hydrogens is 546 g/mol. The van der Waals surface area contributed by atoms with Crippen molar-refractivity contribution in [1.29, 1.82) is 0 Å². The number of methoxy groups -OCH3 is 1. The summed E-state index contributed by atoms with van der Waals surface area (Å²) in [6, 6.07) is -0.200. The molecule has 0 saturated heterocycles. The highest BCUT2D eigenvalue weighted by atomic mass is 19.3. The van der Waals surface area contributed by atoms with Gasteiger partial charge in [0.15, 0.2) is 11.8 Å². The molecule has 0 spiro atoms. The minimum absolute atomic E-state index is 0.0243. The first-order valence-corrected chi connectivity index (χ1v) is 14.9. The fourth-order valence-electron chi connectivity index (χ4n) is 5.20. The third-order valence-corrected chi connectivity index (χ3v) is 7.80. The number of amides is 2. The summed E-state index contributed by atoms with van der Waals surface area (Å²) < 4.78 is 37.6. The van der Waals surface area contributed by atoms with E-state index >= 15 is 8.78 Å². The second kappa shape index (κ2) is 16.1. The van der Waals surface area contributed by atoms with Crippen molar-refractivity contribution in [2.24, 2.45) is 29.2 Å². The fraction of sp³-hybridized carbons (Fsp3) is 0.677. The maximum Gasteiger partial charge on any atom is 0.334 e. The van der Waals surface area contributed by atoms with E-state index < -0.39 is 59.4 Å². The topological polar surface area (TPSA) is 154 Å². The second-order valence-electron chi connectivity index (χ2n) is 12.2. The first kappa shape index (κ1) is 35.3. The van der Waals surface area contributed by atoms with Crippen molar-refractivity contribution in [2.45, 2.75) is 109 Å². The second-order valence-corrected chi connectivity index (χ2v) is 12.2. The molecule has 0 bridgehead atoms. The number of carbonyl (C=O) groups excluding carboxylic acids is 4. The van der Waals surface area contributed by atoms with Crippen LogP contribution in [0, 0.1) is 17.8 Å². The molecule has 1 saturated carbocycles. The number of rotatable bonds is 16. The van der Waals surface area contributed by atoms with Crippen LogP contribution in [-0.2, 0) is 25.6 Å². The van der Waals surface area contributed by atoms with Crippen LogP contribution in [0.1, 0.15) is 78.2 Å². The summed E-state index contributed by atoms with van der Waals surface area (Å²) in [4.78, 5) is 52.6. The SMILES string of the molecule is COc1ccc(C[C@H](N)C(=O)C(NC(=O)[C@@H](N)C(C)C)C(F)(F)C(=O)C(CC2CCCCC2)NC(=O)CC(C)C)cc1. The van der Waals surface area contributed by atoms with E-state index in [4.69, 9.17) is 16.2 Å². The molecular formula is C31H48F2N4O5. The van der Waals surface area contributed by atoms with E-state index in [9.17, 15) is 19.2 Å². The zero-order chi connectivity index (χ0) is 31.6. The number of benzene rings is 1. The summed E-state index contributed by atoms with van der Waals surface area (Å²) in [5, 5.41) is 4.56. The lowest BCUT2D eigenvalue weighted by molar-refractivity contribution is -0.158. The molecule has 11 heteroatoms. The van der Waals surface area contributed by atoms with Crippen LogP contribution >= 0.6 is 0 Å². The van der Waals surface area contributed by atoms with Gasteiger partial charge >= 0.3 is 5.92 Å². The molecule has 1 aliphatic rings. The predicted molar refractivity (Wildman–Crippen MR) is 157 cm³/mol. The van der Waals surface area contributed by atoms with E-state index in [0.717, 1.165) is 32.1 Å². The molecule has 42 heavy (non-hydrogen) atoms. The zero-order valence-corrected chi connectivity index (χ0v) is 25.5. The van der Waals surface area contributed by atoms with Gasteiger partial charge in [-0.25, -0.2) is 0 Å². The van der Waals surface area contributed by atoms with Gasteiger partial charge in [0, 0.05) is 6.42 Å². The molecule has 2 amide bonds. The first-order valence-electron chi connectivity index (χ1n) is 14.9. The van der Waals surface area contributed by atoms with Crippen molar-refractivity contribution in [3.05, 3.63) is 29.8 Å². The highest BCUT2D eigenvalue weighted by Gasteiger charge is 2.55. The number of hydrogen-bond donors (Lipinski definition) is 4. The molecule has 1 fully saturated rings. The van der Waals surface area contributed by atoms with Gasteiger partial charge in [-0.05, 0) is 48.3 Å². The van der Waals surface area contributed by atoms with E-state index in [1.54, 1.807) is 52.0 Å². The normalized spacial score (nSPS) is 17.3. The fourth-order valence-corrected chi connectivity index (χ4v) is 5.20. The van der Waals surface area contributed by atoms with Crippen LogP contribution in [0.15, 0.2) is 24.3 Å². The molecule has 0 aliphatic heterocycles. The van der Waals surface area contributed by atoms with Crippen molar-refractivity contribution < 1.29 is 32.7 Å². The van der Waals surface area contributed by atoms with Crippen molar-refractivity contribution in [3.63, 3.8) is 0 Å². The van der Waals surface area contributed by atoms with Gasteiger partial charge in [-0.15, -0.1) is 0 Å². The summed E-state index contributed by atoms with van der Waals surface area (Å²) in [5.41, 5.74) is 12.6. The van der Waals surface area contributed by atoms with Crippen molar-refractivity contribution in [2.75, 3.05) is 7.11 Å². The predicted octanol–water partition coefficient (Wildman–Crippen LogP) is 3.31.